The fourth-order valence-corrected chi connectivity index (χ4v) is 3.65. The average Bonchev–Trinajstić information content (AvgIpc) is 3.24. The first-order valence-corrected chi connectivity index (χ1v) is 9.53. The van der Waals surface area contributed by atoms with Gasteiger partial charge >= 0.3 is 0 Å². The number of benzene rings is 2. The number of aromatic amines is 1. The van der Waals surface area contributed by atoms with Gasteiger partial charge < -0.3 is 10.3 Å². The molecule has 154 valence electrons. The maximum absolute atomic E-state index is 14.0. The van der Waals surface area contributed by atoms with E-state index in [0.29, 0.717) is 33.7 Å². The van der Waals surface area contributed by atoms with E-state index >= 15 is 0 Å². The molecule has 0 amide bonds. The van der Waals surface area contributed by atoms with Gasteiger partial charge in [-0.2, -0.15) is 0 Å². The standard InChI is InChI=1S/C22H16F2N6O/c1-12(29-21-19-20(26-10-25-19)27-11-28-21)18-7-13-5-6-15(24)9-17(13)22(31)30(18)16-4-2-3-14(23)8-16/h2-12H,1H3,(H2,25,26,27,28,29). The van der Waals surface area contributed by atoms with Gasteiger partial charge in [-0.05, 0) is 48.7 Å². The minimum absolute atomic E-state index is 0.205. The van der Waals surface area contributed by atoms with Gasteiger partial charge in [0.2, 0.25) is 0 Å². The van der Waals surface area contributed by atoms with Gasteiger partial charge in [-0.15, -0.1) is 0 Å². The highest BCUT2D eigenvalue weighted by atomic mass is 19.1. The van der Waals surface area contributed by atoms with E-state index in [1.165, 1.54) is 47.6 Å². The van der Waals surface area contributed by atoms with Gasteiger partial charge in [0.1, 0.15) is 23.5 Å². The van der Waals surface area contributed by atoms with E-state index in [-0.39, 0.29) is 5.39 Å². The Balaban J connectivity index is 1.71. The van der Waals surface area contributed by atoms with Gasteiger partial charge in [-0.1, -0.05) is 12.1 Å². The monoisotopic (exact) mass is 418 g/mol. The number of anilines is 1. The molecule has 0 bridgehead atoms. The minimum Gasteiger partial charge on any atom is -0.360 e. The summed E-state index contributed by atoms with van der Waals surface area (Å²) >= 11 is 0. The number of nitrogens with one attached hydrogen (secondary N) is 2. The Morgan fingerprint density at radius 3 is 2.71 bits per heavy atom. The van der Waals surface area contributed by atoms with Crippen LogP contribution < -0.4 is 10.9 Å². The summed E-state index contributed by atoms with van der Waals surface area (Å²) in [7, 11) is 0. The second-order valence-corrected chi connectivity index (χ2v) is 7.11. The lowest BCUT2D eigenvalue weighted by Gasteiger charge is -2.21. The van der Waals surface area contributed by atoms with Gasteiger partial charge in [-0.3, -0.25) is 9.36 Å². The van der Waals surface area contributed by atoms with E-state index < -0.39 is 23.2 Å². The molecule has 0 aliphatic heterocycles. The third kappa shape index (κ3) is 3.29. The summed E-state index contributed by atoms with van der Waals surface area (Å²) in [6.45, 7) is 1.85. The van der Waals surface area contributed by atoms with Crippen LogP contribution in [0.25, 0.3) is 27.6 Å². The molecule has 5 rings (SSSR count). The molecule has 0 aliphatic carbocycles. The van der Waals surface area contributed by atoms with E-state index in [1.807, 2.05) is 6.92 Å². The van der Waals surface area contributed by atoms with E-state index in [0.717, 1.165) is 0 Å². The number of imidazole rings is 1. The molecule has 0 fully saturated rings. The Bertz CT molecular complexity index is 1490. The predicted octanol–water partition coefficient (Wildman–Crippen LogP) is 4.11. The molecular formula is C22H16F2N6O. The van der Waals surface area contributed by atoms with Gasteiger partial charge in [0, 0.05) is 5.69 Å². The first-order chi connectivity index (χ1) is 15.0. The Morgan fingerprint density at radius 1 is 1.03 bits per heavy atom. The molecule has 0 spiro atoms. The van der Waals surface area contributed by atoms with Crippen LogP contribution in [0.2, 0.25) is 0 Å². The van der Waals surface area contributed by atoms with Crippen molar-refractivity contribution in [3.63, 3.8) is 0 Å². The maximum Gasteiger partial charge on any atom is 0.263 e. The molecule has 0 saturated carbocycles. The van der Waals surface area contributed by atoms with E-state index in [1.54, 1.807) is 18.2 Å². The molecule has 2 aromatic carbocycles. The summed E-state index contributed by atoms with van der Waals surface area (Å²) in [5.74, 6) is -0.517. The van der Waals surface area contributed by atoms with Crippen molar-refractivity contribution in [3.05, 3.63) is 88.9 Å². The van der Waals surface area contributed by atoms with Gasteiger partial charge in [0.25, 0.3) is 5.56 Å². The highest BCUT2D eigenvalue weighted by Gasteiger charge is 2.19. The van der Waals surface area contributed by atoms with Crippen LogP contribution in [0.3, 0.4) is 0 Å². The fourth-order valence-electron chi connectivity index (χ4n) is 3.65. The molecule has 2 N–H and O–H groups in total. The normalized spacial score (nSPS) is 12.4. The Kier molecular flexibility index (Phi) is 4.43. The van der Waals surface area contributed by atoms with Gasteiger partial charge in [0.05, 0.1) is 23.4 Å². The Morgan fingerprint density at radius 2 is 1.87 bits per heavy atom. The smallest absolute Gasteiger partial charge is 0.263 e. The maximum atomic E-state index is 14.0. The first kappa shape index (κ1) is 18.9. The van der Waals surface area contributed by atoms with Crippen molar-refractivity contribution >= 4 is 27.8 Å². The molecule has 1 atom stereocenters. The van der Waals surface area contributed by atoms with Gasteiger partial charge in [0.15, 0.2) is 11.5 Å². The molecule has 0 aliphatic rings. The SMILES string of the molecule is CC(Nc1ncnc2[nH]cnc12)c1cc2ccc(F)cc2c(=O)n1-c1cccc(F)c1. The molecule has 5 aromatic rings. The third-order valence-corrected chi connectivity index (χ3v) is 5.09. The van der Waals surface area contributed by atoms with Crippen molar-refractivity contribution < 1.29 is 8.78 Å². The predicted molar refractivity (Wildman–Crippen MR) is 113 cm³/mol. The molecular weight excluding hydrogens is 402 g/mol. The van der Waals surface area contributed by atoms with Crippen molar-refractivity contribution in [1.29, 1.82) is 0 Å². The largest absolute Gasteiger partial charge is 0.360 e. The summed E-state index contributed by atoms with van der Waals surface area (Å²) in [6, 6.07) is 11.1. The number of pyridine rings is 1. The van der Waals surface area contributed by atoms with Crippen molar-refractivity contribution in [2.24, 2.45) is 0 Å². The first-order valence-electron chi connectivity index (χ1n) is 9.53. The van der Waals surface area contributed by atoms with Crippen molar-refractivity contribution in [2.45, 2.75) is 13.0 Å². The minimum atomic E-state index is -0.517. The number of nitrogens with zero attached hydrogens (tertiary/aromatic N) is 4. The quantitative estimate of drug-likeness (QED) is 0.459. The molecule has 3 heterocycles. The zero-order valence-corrected chi connectivity index (χ0v) is 16.3. The van der Waals surface area contributed by atoms with Crippen LogP contribution in [-0.4, -0.2) is 24.5 Å². The van der Waals surface area contributed by atoms with Crippen LogP contribution in [0.5, 0.6) is 0 Å². The zero-order valence-electron chi connectivity index (χ0n) is 16.3. The summed E-state index contributed by atoms with van der Waals surface area (Å²) in [4.78, 5) is 28.9. The molecule has 9 heteroatoms. The molecule has 31 heavy (non-hydrogen) atoms. The average molecular weight is 418 g/mol. The fraction of sp³-hybridized carbons (Fsp3) is 0.0909. The molecule has 0 saturated heterocycles. The second kappa shape index (κ2) is 7.28. The number of rotatable bonds is 4. The summed E-state index contributed by atoms with van der Waals surface area (Å²) in [6.07, 6.45) is 2.92. The number of fused-ring (bicyclic) bond motifs is 2. The Hall–Kier alpha value is -4.14. The third-order valence-electron chi connectivity index (χ3n) is 5.09. The summed E-state index contributed by atoms with van der Waals surface area (Å²) < 4.78 is 29.2. The molecule has 3 aromatic heterocycles. The highest BCUT2D eigenvalue weighted by molar-refractivity contribution is 5.84. The summed E-state index contributed by atoms with van der Waals surface area (Å²) in [5, 5.41) is 4.04. The topological polar surface area (TPSA) is 88.5 Å². The van der Waals surface area contributed by atoms with Crippen LogP contribution >= 0.6 is 0 Å². The van der Waals surface area contributed by atoms with Crippen LogP contribution in [0.4, 0.5) is 14.6 Å². The number of H-pyrrole nitrogens is 1. The van der Waals surface area contributed by atoms with Gasteiger partial charge in [-0.25, -0.2) is 23.7 Å². The lowest BCUT2D eigenvalue weighted by molar-refractivity contribution is 0.625. The lowest BCUT2D eigenvalue weighted by Crippen LogP contribution is -2.26. The van der Waals surface area contributed by atoms with Crippen LogP contribution in [0, 0.1) is 11.6 Å². The van der Waals surface area contributed by atoms with E-state index in [4.69, 9.17) is 0 Å². The lowest BCUT2D eigenvalue weighted by atomic mass is 10.1. The molecule has 7 nitrogen and oxygen atoms in total. The molecule has 0 radical (unpaired) electrons. The second-order valence-electron chi connectivity index (χ2n) is 7.11. The number of aromatic nitrogens is 5. The number of hydrogen-bond acceptors (Lipinski definition) is 5. The van der Waals surface area contributed by atoms with Crippen LogP contribution in [-0.2, 0) is 0 Å². The zero-order chi connectivity index (χ0) is 21.5. The summed E-state index contributed by atoms with van der Waals surface area (Å²) in [5.41, 5.74) is 1.57. The van der Waals surface area contributed by atoms with Crippen LogP contribution in [0.1, 0.15) is 18.7 Å². The molecule has 1 unspecified atom stereocenters. The Labute approximate surface area is 174 Å². The van der Waals surface area contributed by atoms with Crippen molar-refractivity contribution in [3.8, 4) is 5.69 Å². The number of halogens is 2. The number of hydrogen-bond donors (Lipinski definition) is 2. The highest BCUT2D eigenvalue weighted by Crippen LogP contribution is 2.26. The van der Waals surface area contributed by atoms with Crippen molar-refractivity contribution in [1.82, 2.24) is 24.5 Å². The van der Waals surface area contributed by atoms with Crippen molar-refractivity contribution in [2.75, 3.05) is 5.32 Å². The van der Waals surface area contributed by atoms with E-state index in [9.17, 15) is 13.6 Å². The van der Waals surface area contributed by atoms with Crippen LogP contribution in [0.15, 0.2) is 66.0 Å². The van der Waals surface area contributed by atoms with E-state index in [2.05, 4.69) is 25.3 Å².